The number of carbonyl (C=O) groups excluding carboxylic acids is 3. The number of unbranched alkanes of at least 4 members (excludes halogenated alkanes) is 3. The van der Waals surface area contributed by atoms with Gasteiger partial charge >= 0.3 is 0 Å². The van der Waals surface area contributed by atoms with E-state index in [1.807, 2.05) is 34.6 Å². The second kappa shape index (κ2) is 11.4. The molecule has 0 spiro atoms. The van der Waals surface area contributed by atoms with Crippen molar-refractivity contribution in [1.29, 1.82) is 0 Å². The molecule has 0 unspecified atom stereocenters. The third-order valence-corrected chi connectivity index (χ3v) is 5.19. The molecule has 1 aliphatic rings. The normalized spacial score (nSPS) is 20.7. The first-order valence-corrected chi connectivity index (χ1v) is 10.6. The number of nitrogens with zero attached hydrogens (tertiary/aromatic N) is 1. The number of hydrogen-bond acceptors (Lipinski definition) is 4. The summed E-state index contributed by atoms with van der Waals surface area (Å²) in [5.74, 6) is -0.163. The quantitative estimate of drug-likeness (QED) is 0.491. The highest BCUT2D eigenvalue weighted by molar-refractivity contribution is 5.88. The minimum Gasteiger partial charge on any atom is -0.391 e. The Morgan fingerprint density at radius 1 is 1.07 bits per heavy atom. The fourth-order valence-corrected chi connectivity index (χ4v) is 3.57. The van der Waals surface area contributed by atoms with Gasteiger partial charge in [0, 0.05) is 32.0 Å². The lowest BCUT2D eigenvalue weighted by molar-refractivity contribution is -0.140. The molecule has 0 aromatic rings. The maximum atomic E-state index is 13.0. The number of amides is 3. The number of aliphatic hydroxyl groups is 1. The van der Waals surface area contributed by atoms with Crippen molar-refractivity contribution in [3.63, 3.8) is 0 Å². The van der Waals surface area contributed by atoms with E-state index in [0.717, 1.165) is 25.7 Å². The molecular formula is C21H39N3O4. The lowest BCUT2D eigenvalue weighted by Crippen LogP contribution is -2.55. The predicted octanol–water partition coefficient (Wildman–Crippen LogP) is 1.98. The van der Waals surface area contributed by atoms with E-state index < -0.39 is 17.6 Å². The lowest BCUT2D eigenvalue weighted by atomic mass is 9.85. The molecule has 0 radical (unpaired) electrons. The van der Waals surface area contributed by atoms with E-state index in [0.29, 0.717) is 32.4 Å². The molecule has 3 N–H and O–H groups in total. The largest absolute Gasteiger partial charge is 0.391 e. The highest BCUT2D eigenvalue weighted by Gasteiger charge is 2.40. The van der Waals surface area contributed by atoms with Gasteiger partial charge in [0.1, 0.15) is 6.04 Å². The zero-order valence-corrected chi connectivity index (χ0v) is 18.2. The number of carbonyl (C=O) groups is 3. The Morgan fingerprint density at radius 2 is 1.64 bits per heavy atom. The van der Waals surface area contributed by atoms with Gasteiger partial charge < -0.3 is 20.6 Å². The van der Waals surface area contributed by atoms with Crippen LogP contribution < -0.4 is 10.6 Å². The van der Waals surface area contributed by atoms with Crippen molar-refractivity contribution in [2.24, 2.45) is 5.41 Å². The van der Waals surface area contributed by atoms with Crippen LogP contribution in [0.2, 0.25) is 0 Å². The average molecular weight is 398 g/mol. The molecule has 162 valence electrons. The third-order valence-electron chi connectivity index (χ3n) is 5.19. The molecule has 28 heavy (non-hydrogen) atoms. The fraction of sp³-hybridized carbons (Fsp3) is 0.857. The van der Waals surface area contributed by atoms with Crippen molar-refractivity contribution < 1.29 is 19.5 Å². The molecule has 0 aliphatic carbocycles. The van der Waals surface area contributed by atoms with Gasteiger partial charge in [-0.2, -0.15) is 0 Å². The number of aliphatic hydroxyl groups excluding tert-OH is 1. The van der Waals surface area contributed by atoms with Crippen molar-refractivity contribution in [3.05, 3.63) is 0 Å². The summed E-state index contributed by atoms with van der Waals surface area (Å²) in [5, 5.41) is 15.5. The van der Waals surface area contributed by atoms with E-state index in [4.69, 9.17) is 0 Å². The van der Waals surface area contributed by atoms with Crippen LogP contribution in [0, 0.1) is 5.41 Å². The first kappa shape index (κ1) is 24.4. The smallest absolute Gasteiger partial charge is 0.246 e. The van der Waals surface area contributed by atoms with E-state index in [9.17, 15) is 19.5 Å². The summed E-state index contributed by atoms with van der Waals surface area (Å²) < 4.78 is 0. The molecule has 7 heteroatoms. The first-order chi connectivity index (χ1) is 13.1. The van der Waals surface area contributed by atoms with E-state index in [1.165, 1.54) is 0 Å². The second-order valence-corrected chi connectivity index (χ2v) is 8.96. The second-order valence-electron chi connectivity index (χ2n) is 8.96. The lowest BCUT2D eigenvalue weighted by Gasteiger charge is -2.35. The van der Waals surface area contributed by atoms with Crippen LogP contribution in [0.25, 0.3) is 0 Å². The van der Waals surface area contributed by atoms with Gasteiger partial charge in [0.15, 0.2) is 0 Å². The maximum Gasteiger partial charge on any atom is 0.246 e. The summed E-state index contributed by atoms with van der Waals surface area (Å²) in [7, 11) is 0. The van der Waals surface area contributed by atoms with Gasteiger partial charge in [-0.15, -0.1) is 0 Å². The number of β-amino-alcohol motifs (C(OH)–C–C–N with tert-alkyl or cyclic N) is 1. The molecule has 0 aromatic heterocycles. The Morgan fingerprint density at radius 3 is 2.11 bits per heavy atom. The molecule has 0 bridgehead atoms. The van der Waals surface area contributed by atoms with E-state index in [1.54, 1.807) is 4.90 Å². The van der Waals surface area contributed by atoms with Gasteiger partial charge in [0.05, 0.1) is 6.10 Å². The number of nitrogens with one attached hydrogen (secondary N) is 2. The fourth-order valence-electron chi connectivity index (χ4n) is 3.57. The van der Waals surface area contributed by atoms with Gasteiger partial charge in [-0.3, -0.25) is 14.4 Å². The Labute approximate surface area is 169 Å². The minimum absolute atomic E-state index is 0.0193. The predicted molar refractivity (Wildman–Crippen MR) is 110 cm³/mol. The Balaban J connectivity index is 2.42. The number of hydrogen-bond donors (Lipinski definition) is 3. The Kier molecular flexibility index (Phi) is 9.93. The van der Waals surface area contributed by atoms with Crippen molar-refractivity contribution in [1.82, 2.24) is 15.5 Å². The zero-order chi connectivity index (χ0) is 21.3. The molecule has 1 aliphatic heterocycles. The van der Waals surface area contributed by atoms with Gasteiger partial charge in [0.25, 0.3) is 0 Å². The highest BCUT2D eigenvalue weighted by Crippen LogP contribution is 2.25. The van der Waals surface area contributed by atoms with Crippen molar-refractivity contribution in [2.45, 2.75) is 97.8 Å². The molecule has 0 aromatic carbocycles. The number of likely N-dealkylation sites (tertiary alicyclic amines) is 1. The minimum atomic E-state index is -0.606. The molecule has 3 amide bonds. The molecule has 3 atom stereocenters. The number of rotatable bonds is 10. The van der Waals surface area contributed by atoms with Crippen molar-refractivity contribution in [2.75, 3.05) is 13.1 Å². The van der Waals surface area contributed by atoms with E-state index >= 15 is 0 Å². The standard InChI is InChI=1S/C21H39N3O4/c1-6-22-17(26)11-9-7-8-10-12-18(27)23-19(21(3,4)5)20(28)24-14-16(25)13-15(24)2/h15-16,19,25H,6-14H2,1-5H3,(H,22,26)(H,23,27)/t15-,16-,19-/m1/s1. The summed E-state index contributed by atoms with van der Waals surface area (Å²) in [6, 6.07) is -0.625. The Bertz CT molecular complexity index is 530. The summed E-state index contributed by atoms with van der Waals surface area (Å²) in [6.45, 7) is 10.6. The van der Waals surface area contributed by atoms with Crippen molar-refractivity contribution in [3.8, 4) is 0 Å². The highest BCUT2D eigenvalue weighted by atomic mass is 16.3. The molecule has 1 saturated heterocycles. The summed E-state index contributed by atoms with van der Waals surface area (Å²) >= 11 is 0. The molecular weight excluding hydrogens is 358 g/mol. The molecule has 0 saturated carbocycles. The summed E-state index contributed by atoms with van der Waals surface area (Å²) in [4.78, 5) is 38.4. The molecule has 1 rings (SSSR count). The zero-order valence-electron chi connectivity index (χ0n) is 18.2. The summed E-state index contributed by atoms with van der Waals surface area (Å²) in [6.07, 6.45) is 4.35. The molecule has 1 heterocycles. The van der Waals surface area contributed by atoms with Crippen LogP contribution in [0.1, 0.15) is 79.6 Å². The van der Waals surface area contributed by atoms with Crippen LogP contribution in [-0.2, 0) is 14.4 Å². The van der Waals surface area contributed by atoms with Crippen LogP contribution in [-0.4, -0.2) is 59.0 Å². The molecule has 7 nitrogen and oxygen atoms in total. The van der Waals surface area contributed by atoms with Gasteiger partial charge in [-0.25, -0.2) is 0 Å². The molecule has 1 fully saturated rings. The average Bonchev–Trinajstić information content (AvgIpc) is 2.93. The van der Waals surface area contributed by atoms with Crippen LogP contribution in [0.5, 0.6) is 0 Å². The Hall–Kier alpha value is -1.63. The summed E-state index contributed by atoms with van der Waals surface area (Å²) in [5.41, 5.74) is -0.410. The third kappa shape index (κ3) is 8.17. The van der Waals surface area contributed by atoms with Gasteiger partial charge in [0.2, 0.25) is 17.7 Å². The topological polar surface area (TPSA) is 98.7 Å². The first-order valence-electron chi connectivity index (χ1n) is 10.6. The van der Waals surface area contributed by atoms with Gasteiger partial charge in [-0.05, 0) is 38.5 Å². The van der Waals surface area contributed by atoms with Crippen LogP contribution >= 0.6 is 0 Å². The van der Waals surface area contributed by atoms with Crippen LogP contribution in [0.3, 0.4) is 0 Å². The van der Waals surface area contributed by atoms with Crippen molar-refractivity contribution >= 4 is 17.7 Å². The maximum absolute atomic E-state index is 13.0. The van der Waals surface area contributed by atoms with E-state index in [2.05, 4.69) is 10.6 Å². The van der Waals surface area contributed by atoms with E-state index in [-0.39, 0.29) is 23.8 Å². The van der Waals surface area contributed by atoms with Crippen LogP contribution in [0.4, 0.5) is 0 Å². The van der Waals surface area contributed by atoms with Crippen LogP contribution in [0.15, 0.2) is 0 Å². The van der Waals surface area contributed by atoms with Gasteiger partial charge in [-0.1, -0.05) is 33.6 Å². The monoisotopic (exact) mass is 397 g/mol. The SMILES string of the molecule is CCNC(=O)CCCCCCC(=O)N[C@H](C(=O)N1C[C@H](O)C[C@H]1C)C(C)(C)C.